The van der Waals surface area contributed by atoms with Crippen LogP contribution in [0.3, 0.4) is 0 Å². The third-order valence-electron chi connectivity index (χ3n) is 2.87. The third-order valence-corrected chi connectivity index (χ3v) is 3.80. The zero-order valence-corrected chi connectivity index (χ0v) is 12.4. The molecule has 0 saturated carbocycles. The number of aryl methyl sites for hydroxylation is 1. The van der Waals surface area contributed by atoms with Gasteiger partial charge in [0, 0.05) is 10.6 Å². The lowest BCUT2D eigenvalue weighted by atomic mass is 9.98. The van der Waals surface area contributed by atoms with Gasteiger partial charge in [-0.05, 0) is 52.2 Å². The van der Waals surface area contributed by atoms with Crippen molar-refractivity contribution in [2.24, 2.45) is 5.73 Å². The second-order valence-corrected chi connectivity index (χ2v) is 5.55. The lowest BCUT2D eigenvalue weighted by Crippen LogP contribution is -2.14. The van der Waals surface area contributed by atoms with E-state index in [2.05, 4.69) is 15.9 Å². The second-order valence-electron chi connectivity index (χ2n) is 4.29. The maximum Gasteiger partial charge on any atom is 0.137 e. The Morgan fingerprint density at radius 1 is 1.11 bits per heavy atom. The number of hydrogen-bond donors (Lipinski definition) is 1. The average Bonchev–Trinajstić information content (AvgIpc) is 2.33. The summed E-state index contributed by atoms with van der Waals surface area (Å²) in [5.41, 5.74) is 7.59. The Morgan fingerprint density at radius 2 is 1.79 bits per heavy atom. The zero-order valence-electron chi connectivity index (χ0n) is 10.1. The van der Waals surface area contributed by atoms with Crippen molar-refractivity contribution in [1.82, 2.24) is 0 Å². The van der Waals surface area contributed by atoms with Crippen LogP contribution in [0.25, 0.3) is 0 Å². The van der Waals surface area contributed by atoms with Gasteiger partial charge >= 0.3 is 0 Å². The van der Waals surface area contributed by atoms with Crippen molar-refractivity contribution in [3.8, 4) is 0 Å². The third kappa shape index (κ3) is 2.96. The molecule has 1 nitrogen and oxygen atoms in total. The highest BCUT2D eigenvalue weighted by Gasteiger charge is 2.18. The first-order valence-electron chi connectivity index (χ1n) is 5.56. The topological polar surface area (TPSA) is 26.0 Å². The Hall–Kier alpha value is -0.970. The minimum atomic E-state index is -0.810. The first kappa shape index (κ1) is 14.4. The van der Waals surface area contributed by atoms with Crippen LogP contribution >= 0.6 is 27.5 Å². The first-order valence-corrected chi connectivity index (χ1v) is 6.73. The molecule has 0 bridgehead atoms. The standard InChI is InChI=1S/C14H11BrClF2N/c1-7-2-3-8(11(16)4-7)14(19)9-5-13(18)10(15)6-12(9)17/h2-6,14H,19H2,1H3. The molecule has 2 aromatic carbocycles. The SMILES string of the molecule is Cc1ccc(C(N)c2cc(F)c(Br)cc2F)c(Cl)c1. The maximum atomic E-state index is 13.9. The number of benzene rings is 2. The van der Waals surface area contributed by atoms with Gasteiger partial charge in [-0.2, -0.15) is 0 Å². The van der Waals surface area contributed by atoms with Crippen molar-refractivity contribution in [3.05, 3.63) is 68.2 Å². The zero-order chi connectivity index (χ0) is 14.2. The molecule has 5 heteroatoms. The lowest BCUT2D eigenvalue weighted by Gasteiger charge is -2.16. The minimum absolute atomic E-state index is 0.0657. The average molecular weight is 347 g/mol. The molecule has 0 aliphatic heterocycles. The molecule has 19 heavy (non-hydrogen) atoms. The molecule has 0 saturated heterocycles. The monoisotopic (exact) mass is 345 g/mol. The van der Waals surface area contributed by atoms with Crippen LogP contribution < -0.4 is 5.73 Å². The summed E-state index contributed by atoms with van der Waals surface area (Å²) in [6.45, 7) is 1.89. The molecular weight excluding hydrogens is 336 g/mol. The Bertz CT molecular complexity index is 631. The summed E-state index contributed by atoms with van der Waals surface area (Å²) in [6.07, 6.45) is 0. The largest absolute Gasteiger partial charge is 0.320 e. The summed E-state index contributed by atoms with van der Waals surface area (Å²) < 4.78 is 27.4. The van der Waals surface area contributed by atoms with Crippen LogP contribution in [0.5, 0.6) is 0 Å². The quantitative estimate of drug-likeness (QED) is 0.781. The Morgan fingerprint density at radius 3 is 2.42 bits per heavy atom. The van der Waals surface area contributed by atoms with Gasteiger partial charge in [-0.1, -0.05) is 23.7 Å². The van der Waals surface area contributed by atoms with Gasteiger partial charge in [-0.25, -0.2) is 8.78 Å². The van der Waals surface area contributed by atoms with Gasteiger partial charge in [0.15, 0.2) is 0 Å². The highest BCUT2D eigenvalue weighted by molar-refractivity contribution is 9.10. The number of hydrogen-bond acceptors (Lipinski definition) is 1. The van der Waals surface area contributed by atoms with Gasteiger partial charge in [0.1, 0.15) is 11.6 Å². The number of rotatable bonds is 2. The van der Waals surface area contributed by atoms with Crippen LogP contribution in [-0.2, 0) is 0 Å². The van der Waals surface area contributed by atoms with E-state index < -0.39 is 17.7 Å². The molecular formula is C14H11BrClF2N. The molecule has 0 heterocycles. The van der Waals surface area contributed by atoms with Gasteiger partial charge in [-0.3, -0.25) is 0 Å². The van der Waals surface area contributed by atoms with Gasteiger partial charge in [0.2, 0.25) is 0 Å². The van der Waals surface area contributed by atoms with E-state index in [-0.39, 0.29) is 10.0 Å². The van der Waals surface area contributed by atoms with Crippen LogP contribution in [0.2, 0.25) is 5.02 Å². The van der Waals surface area contributed by atoms with E-state index in [1.807, 2.05) is 13.0 Å². The smallest absolute Gasteiger partial charge is 0.137 e. The summed E-state index contributed by atoms with van der Waals surface area (Å²) in [6, 6.07) is 6.63. The van der Waals surface area contributed by atoms with Crippen LogP contribution in [0, 0.1) is 18.6 Å². The maximum absolute atomic E-state index is 13.9. The van der Waals surface area contributed by atoms with Gasteiger partial charge in [-0.15, -0.1) is 0 Å². The predicted molar refractivity (Wildman–Crippen MR) is 76.3 cm³/mol. The van der Waals surface area contributed by atoms with E-state index in [0.717, 1.165) is 17.7 Å². The van der Waals surface area contributed by atoms with Crippen molar-refractivity contribution in [1.29, 1.82) is 0 Å². The predicted octanol–water partition coefficient (Wildman–Crippen LogP) is 4.74. The van der Waals surface area contributed by atoms with Crippen molar-refractivity contribution >= 4 is 27.5 Å². The Kier molecular flexibility index (Phi) is 4.23. The van der Waals surface area contributed by atoms with Gasteiger partial charge in [0.25, 0.3) is 0 Å². The first-order chi connectivity index (χ1) is 8.90. The second kappa shape index (κ2) is 5.57. The molecule has 0 aromatic heterocycles. The van der Waals surface area contributed by atoms with Crippen LogP contribution in [0.15, 0.2) is 34.8 Å². The Balaban J connectivity index is 2.49. The summed E-state index contributed by atoms with van der Waals surface area (Å²) >= 11 is 9.02. The molecule has 2 aromatic rings. The number of halogens is 4. The summed E-state index contributed by atoms with van der Waals surface area (Å²) in [4.78, 5) is 0. The summed E-state index contributed by atoms with van der Waals surface area (Å²) in [5, 5.41) is 0.440. The fraction of sp³-hybridized carbons (Fsp3) is 0.143. The summed E-state index contributed by atoms with van der Waals surface area (Å²) in [5.74, 6) is -1.13. The minimum Gasteiger partial charge on any atom is -0.320 e. The number of nitrogens with two attached hydrogens (primary N) is 1. The molecule has 100 valence electrons. The van der Waals surface area contributed by atoms with Crippen LogP contribution in [-0.4, -0.2) is 0 Å². The van der Waals surface area contributed by atoms with E-state index in [9.17, 15) is 8.78 Å². The van der Waals surface area contributed by atoms with Gasteiger partial charge < -0.3 is 5.73 Å². The van der Waals surface area contributed by atoms with Crippen LogP contribution in [0.4, 0.5) is 8.78 Å². The van der Waals surface area contributed by atoms with Crippen LogP contribution in [0.1, 0.15) is 22.7 Å². The van der Waals surface area contributed by atoms with E-state index in [1.54, 1.807) is 12.1 Å². The molecule has 0 aliphatic carbocycles. The molecule has 0 radical (unpaired) electrons. The van der Waals surface area contributed by atoms with Crippen molar-refractivity contribution in [3.63, 3.8) is 0 Å². The Labute approximate surface area is 123 Å². The van der Waals surface area contributed by atoms with E-state index in [0.29, 0.717) is 10.6 Å². The molecule has 0 amide bonds. The molecule has 0 fully saturated rings. The fourth-order valence-electron chi connectivity index (χ4n) is 1.83. The highest BCUT2D eigenvalue weighted by Crippen LogP contribution is 2.31. The highest BCUT2D eigenvalue weighted by atomic mass is 79.9. The van der Waals surface area contributed by atoms with E-state index in [1.165, 1.54) is 0 Å². The normalized spacial score (nSPS) is 12.5. The van der Waals surface area contributed by atoms with Gasteiger partial charge in [0.05, 0.1) is 10.5 Å². The lowest BCUT2D eigenvalue weighted by molar-refractivity contribution is 0.572. The fourth-order valence-corrected chi connectivity index (χ4v) is 2.50. The molecule has 1 atom stereocenters. The molecule has 0 spiro atoms. The van der Waals surface area contributed by atoms with Crippen molar-refractivity contribution in [2.75, 3.05) is 0 Å². The van der Waals surface area contributed by atoms with Crippen molar-refractivity contribution in [2.45, 2.75) is 13.0 Å². The molecule has 1 unspecified atom stereocenters. The van der Waals surface area contributed by atoms with E-state index in [4.69, 9.17) is 17.3 Å². The van der Waals surface area contributed by atoms with Crippen molar-refractivity contribution < 1.29 is 8.78 Å². The van der Waals surface area contributed by atoms with E-state index >= 15 is 0 Å². The molecule has 2 N–H and O–H groups in total. The molecule has 0 aliphatic rings. The summed E-state index contributed by atoms with van der Waals surface area (Å²) in [7, 11) is 0. The molecule has 2 rings (SSSR count).